The van der Waals surface area contributed by atoms with E-state index in [-0.39, 0.29) is 19.0 Å². The summed E-state index contributed by atoms with van der Waals surface area (Å²) >= 11 is 0. The largest absolute Gasteiger partial charge is 0.463 e. The van der Waals surface area contributed by atoms with Gasteiger partial charge in [0.15, 0.2) is 0 Å². The summed E-state index contributed by atoms with van der Waals surface area (Å²) in [5, 5.41) is 0. The molecule has 0 aromatic heterocycles. The maximum Gasteiger partial charge on any atom is 0.373 e. The summed E-state index contributed by atoms with van der Waals surface area (Å²) in [6, 6.07) is 7.77. The summed E-state index contributed by atoms with van der Waals surface area (Å²) in [5.41, 5.74) is 2.39. The molecule has 0 saturated carbocycles. The molecular formula is C19H22O5. The van der Waals surface area contributed by atoms with Crippen LogP contribution in [0.5, 0.6) is 0 Å². The van der Waals surface area contributed by atoms with Crippen LogP contribution in [0.4, 0.5) is 0 Å². The molecule has 24 heavy (non-hydrogen) atoms. The lowest BCUT2D eigenvalue weighted by atomic mass is 9.87. The van der Waals surface area contributed by atoms with Crippen molar-refractivity contribution in [1.29, 1.82) is 0 Å². The zero-order valence-electron chi connectivity index (χ0n) is 14.4. The zero-order chi connectivity index (χ0) is 17.7. The number of hydrogen-bond donors (Lipinski definition) is 0. The molecule has 5 nitrogen and oxygen atoms in total. The fraction of sp³-hybridized carbons (Fsp3) is 0.368. The Morgan fingerprint density at radius 3 is 2.17 bits per heavy atom. The fourth-order valence-corrected chi connectivity index (χ4v) is 2.54. The molecule has 128 valence electrons. The van der Waals surface area contributed by atoms with E-state index in [4.69, 9.17) is 14.2 Å². The summed E-state index contributed by atoms with van der Waals surface area (Å²) < 4.78 is 15.7. The lowest BCUT2D eigenvalue weighted by molar-refractivity contribution is -0.143. The highest BCUT2D eigenvalue weighted by Crippen LogP contribution is 2.35. The Morgan fingerprint density at radius 1 is 1.00 bits per heavy atom. The SMILES string of the molecule is CCOC(=O)C1=CC(c2ccc(C)cc2)C(C(=O)OCC)=C(C)O1. The van der Waals surface area contributed by atoms with Gasteiger partial charge in [-0.15, -0.1) is 0 Å². The van der Waals surface area contributed by atoms with Crippen molar-refractivity contribution >= 4 is 11.9 Å². The van der Waals surface area contributed by atoms with Crippen LogP contribution in [0.1, 0.15) is 37.8 Å². The predicted octanol–water partition coefficient (Wildman–Crippen LogP) is 3.39. The average molecular weight is 330 g/mol. The molecule has 1 aliphatic heterocycles. The van der Waals surface area contributed by atoms with Crippen molar-refractivity contribution in [2.24, 2.45) is 0 Å². The van der Waals surface area contributed by atoms with E-state index in [0.29, 0.717) is 11.3 Å². The number of hydrogen-bond acceptors (Lipinski definition) is 5. The monoisotopic (exact) mass is 330 g/mol. The Morgan fingerprint density at radius 2 is 1.58 bits per heavy atom. The van der Waals surface area contributed by atoms with Crippen LogP contribution in [0.15, 0.2) is 47.4 Å². The van der Waals surface area contributed by atoms with Crippen molar-refractivity contribution in [3.8, 4) is 0 Å². The summed E-state index contributed by atoms with van der Waals surface area (Å²) in [4.78, 5) is 24.4. The maximum absolute atomic E-state index is 12.4. The maximum atomic E-state index is 12.4. The first-order chi connectivity index (χ1) is 11.5. The van der Waals surface area contributed by atoms with Gasteiger partial charge in [0.25, 0.3) is 0 Å². The van der Waals surface area contributed by atoms with Gasteiger partial charge in [-0.2, -0.15) is 0 Å². The van der Waals surface area contributed by atoms with Crippen LogP contribution in [-0.4, -0.2) is 25.2 Å². The molecule has 2 rings (SSSR count). The first-order valence-electron chi connectivity index (χ1n) is 7.99. The normalized spacial score (nSPS) is 17.0. The second-order valence-corrected chi connectivity index (χ2v) is 5.43. The standard InChI is InChI=1S/C19H22O5/c1-5-22-18(20)16-11-15(14-9-7-12(3)8-10-14)17(13(4)24-16)19(21)23-6-2/h7-11,15H,5-6H2,1-4H3. The molecule has 1 atom stereocenters. The minimum atomic E-state index is -0.545. The first-order valence-corrected chi connectivity index (χ1v) is 7.99. The van der Waals surface area contributed by atoms with Gasteiger partial charge in [0, 0.05) is 5.92 Å². The second kappa shape index (κ2) is 7.81. The summed E-state index contributed by atoms with van der Waals surface area (Å²) in [7, 11) is 0. The molecule has 0 aliphatic carbocycles. The molecule has 1 aromatic rings. The number of esters is 2. The van der Waals surface area contributed by atoms with Gasteiger partial charge in [0.1, 0.15) is 5.76 Å². The molecule has 0 saturated heterocycles. The molecule has 1 aliphatic rings. The number of benzene rings is 1. The van der Waals surface area contributed by atoms with Crippen LogP contribution < -0.4 is 0 Å². The molecule has 0 N–H and O–H groups in total. The van der Waals surface area contributed by atoms with E-state index >= 15 is 0 Å². The molecule has 1 aromatic carbocycles. The van der Waals surface area contributed by atoms with Crippen molar-refractivity contribution in [3.63, 3.8) is 0 Å². The number of carbonyl (C=O) groups is 2. The molecule has 0 radical (unpaired) electrons. The Hall–Kier alpha value is -2.56. The second-order valence-electron chi connectivity index (χ2n) is 5.43. The molecule has 5 heteroatoms. The van der Waals surface area contributed by atoms with Gasteiger partial charge in [0.2, 0.25) is 5.76 Å². The van der Waals surface area contributed by atoms with Gasteiger partial charge in [-0.25, -0.2) is 9.59 Å². The van der Waals surface area contributed by atoms with Crippen molar-refractivity contribution in [1.82, 2.24) is 0 Å². The smallest absolute Gasteiger partial charge is 0.373 e. The Bertz CT molecular complexity index is 682. The summed E-state index contributed by atoms with van der Waals surface area (Å²) in [6.07, 6.45) is 1.61. The molecule has 0 fully saturated rings. The van der Waals surface area contributed by atoms with Gasteiger partial charge < -0.3 is 14.2 Å². The lowest BCUT2D eigenvalue weighted by Crippen LogP contribution is -2.23. The van der Waals surface area contributed by atoms with Crippen molar-refractivity contribution < 1.29 is 23.8 Å². The molecule has 1 unspecified atom stereocenters. The fourth-order valence-electron chi connectivity index (χ4n) is 2.54. The Balaban J connectivity index is 2.46. The van der Waals surface area contributed by atoms with E-state index in [9.17, 15) is 9.59 Å². The third-order valence-corrected chi connectivity index (χ3v) is 3.68. The third kappa shape index (κ3) is 3.85. The van der Waals surface area contributed by atoms with Gasteiger partial charge in [-0.05, 0) is 39.3 Å². The Kier molecular flexibility index (Phi) is 5.79. The highest BCUT2D eigenvalue weighted by molar-refractivity contribution is 5.94. The van der Waals surface area contributed by atoms with Crippen LogP contribution in [0.25, 0.3) is 0 Å². The number of carbonyl (C=O) groups excluding carboxylic acids is 2. The van der Waals surface area contributed by atoms with E-state index in [2.05, 4.69) is 0 Å². The van der Waals surface area contributed by atoms with E-state index in [1.54, 1.807) is 26.8 Å². The van der Waals surface area contributed by atoms with E-state index in [1.165, 1.54) is 0 Å². The van der Waals surface area contributed by atoms with Gasteiger partial charge >= 0.3 is 11.9 Å². The highest BCUT2D eigenvalue weighted by Gasteiger charge is 2.32. The minimum Gasteiger partial charge on any atom is -0.463 e. The molecular weight excluding hydrogens is 308 g/mol. The number of ether oxygens (including phenoxy) is 3. The zero-order valence-corrected chi connectivity index (χ0v) is 14.4. The average Bonchev–Trinajstić information content (AvgIpc) is 2.55. The van der Waals surface area contributed by atoms with E-state index in [1.807, 2.05) is 31.2 Å². The van der Waals surface area contributed by atoms with Crippen LogP contribution in [0.2, 0.25) is 0 Å². The van der Waals surface area contributed by atoms with Gasteiger partial charge in [-0.1, -0.05) is 29.8 Å². The minimum absolute atomic E-state index is 0.0907. The highest BCUT2D eigenvalue weighted by atomic mass is 16.6. The van der Waals surface area contributed by atoms with Crippen LogP contribution in [0.3, 0.4) is 0 Å². The van der Waals surface area contributed by atoms with Gasteiger partial charge in [-0.3, -0.25) is 0 Å². The van der Waals surface area contributed by atoms with Crippen LogP contribution in [-0.2, 0) is 23.8 Å². The number of aryl methyl sites for hydroxylation is 1. The predicted molar refractivity (Wildman–Crippen MR) is 89.1 cm³/mol. The van der Waals surface area contributed by atoms with Crippen molar-refractivity contribution in [2.45, 2.75) is 33.6 Å². The summed E-state index contributed by atoms with van der Waals surface area (Å²) in [5.74, 6) is -0.966. The van der Waals surface area contributed by atoms with E-state index < -0.39 is 17.9 Å². The molecule has 0 spiro atoms. The van der Waals surface area contributed by atoms with Crippen molar-refractivity contribution in [3.05, 3.63) is 58.6 Å². The van der Waals surface area contributed by atoms with Crippen molar-refractivity contribution in [2.75, 3.05) is 13.2 Å². The lowest BCUT2D eigenvalue weighted by Gasteiger charge is -2.25. The van der Waals surface area contributed by atoms with Gasteiger partial charge in [0.05, 0.1) is 18.8 Å². The van der Waals surface area contributed by atoms with Crippen LogP contribution in [0, 0.1) is 6.92 Å². The Labute approximate surface area is 141 Å². The molecule has 0 bridgehead atoms. The topological polar surface area (TPSA) is 61.8 Å². The number of allylic oxidation sites excluding steroid dienone is 2. The van der Waals surface area contributed by atoms with Crippen LogP contribution >= 0.6 is 0 Å². The summed E-state index contributed by atoms with van der Waals surface area (Å²) in [6.45, 7) is 7.64. The quantitative estimate of drug-likeness (QED) is 0.774. The molecule has 0 amide bonds. The first kappa shape index (κ1) is 17.8. The number of rotatable bonds is 5. The van der Waals surface area contributed by atoms with E-state index in [0.717, 1.165) is 11.1 Å². The third-order valence-electron chi connectivity index (χ3n) is 3.68. The molecule has 1 heterocycles.